The fourth-order valence-corrected chi connectivity index (χ4v) is 4.86. The number of carboxylic acid groups (broad SMARTS) is 1. The van der Waals surface area contributed by atoms with Crippen molar-refractivity contribution in [2.75, 3.05) is 7.05 Å². The van der Waals surface area contributed by atoms with Crippen molar-refractivity contribution < 1.29 is 9.90 Å². The zero-order valence-corrected chi connectivity index (χ0v) is 14.4. The monoisotopic (exact) mass is 406 g/mol. The Bertz CT molecular complexity index is 812. The van der Waals surface area contributed by atoms with Crippen LogP contribution >= 0.6 is 20.7 Å². The van der Waals surface area contributed by atoms with Gasteiger partial charge < -0.3 is 10.0 Å². The van der Waals surface area contributed by atoms with Crippen molar-refractivity contribution in [1.82, 2.24) is 9.88 Å². The van der Waals surface area contributed by atoms with Crippen LogP contribution in [0.5, 0.6) is 0 Å². The number of aryl methyl sites for hydroxylation is 1. The number of hydrogen-bond donors (Lipinski definition) is 1. The Morgan fingerprint density at radius 3 is 2.59 bits per heavy atom. The number of aromatic nitrogens is 1. The Balaban J connectivity index is 1.95. The molecule has 0 radical (unpaired) electrons. The highest BCUT2D eigenvalue weighted by atomic mass is 127. The van der Waals surface area contributed by atoms with Gasteiger partial charge in [0.1, 0.15) is 9.33 Å². The van der Waals surface area contributed by atoms with Crippen LogP contribution in [0.1, 0.15) is 11.3 Å². The van der Waals surface area contributed by atoms with Crippen LogP contribution in [0, 0.1) is 6.92 Å². The molecule has 0 saturated carbocycles. The second kappa shape index (κ2) is 6.00. The van der Waals surface area contributed by atoms with Gasteiger partial charge in [-0.05, 0) is 25.1 Å². The van der Waals surface area contributed by atoms with Gasteiger partial charge in [-0.1, -0.05) is 50.6 Å². The third-order valence-corrected chi connectivity index (χ3v) is 6.18. The number of hydrogen-bond acceptors (Lipinski definition) is 3. The lowest BCUT2D eigenvalue weighted by Gasteiger charge is -2.17. The van der Waals surface area contributed by atoms with E-state index in [0.29, 0.717) is 5.70 Å². The average Bonchev–Trinajstić information content (AvgIpc) is 2.89. The molecule has 0 bridgehead atoms. The van der Waals surface area contributed by atoms with Crippen LogP contribution in [0.4, 0.5) is 0 Å². The lowest BCUT2D eigenvalue weighted by Crippen LogP contribution is -2.27. The summed E-state index contributed by atoms with van der Waals surface area (Å²) in [7, 11) is 1.79. The highest BCUT2D eigenvalue weighted by Gasteiger charge is 2.23. The maximum atomic E-state index is 11.2. The Kier molecular flexibility index (Phi) is 4.06. The predicted molar refractivity (Wildman–Crippen MR) is 96.0 cm³/mol. The summed E-state index contributed by atoms with van der Waals surface area (Å²) in [4.78, 5) is 17.7. The molecular formula is C17H15IN2O2. The molecule has 0 saturated heterocycles. The fourth-order valence-electron chi connectivity index (χ4n) is 2.29. The molecule has 4 nitrogen and oxygen atoms in total. The molecule has 0 amide bonds. The SMILES string of the molecule is Cc1cccc(-c2cccc(C3=IC=C(C(=O)O)N3C)n2)c1. The van der Waals surface area contributed by atoms with Gasteiger partial charge in [0.25, 0.3) is 0 Å². The molecule has 2 heterocycles. The largest absolute Gasteiger partial charge is 0.477 e. The first kappa shape index (κ1) is 14.9. The molecular weight excluding hydrogens is 391 g/mol. The van der Waals surface area contributed by atoms with Crippen molar-refractivity contribution in [2.45, 2.75) is 6.92 Å². The minimum absolute atomic E-state index is 0.352. The van der Waals surface area contributed by atoms with Crippen molar-refractivity contribution in [3.63, 3.8) is 0 Å². The van der Waals surface area contributed by atoms with Crippen LogP contribution in [-0.4, -0.2) is 31.6 Å². The second-order valence-corrected chi connectivity index (χ2v) is 7.30. The number of rotatable bonds is 3. The number of benzene rings is 1. The van der Waals surface area contributed by atoms with Crippen LogP contribution in [0.25, 0.3) is 11.3 Å². The second-order valence-electron chi connectivity index (χ2n) is 5.04. The summed E-state index contributed by atoms with van der Waals surface area (Å²) >= 11 is -0.468. The van der Waals surface area contributed by atoms with Crippen molar-refractivity contribution in [3.8, 4) is 11.3 Å². The van der Waals surface area contributed by atoms with E-state index in [4.69, 9.17) is 4.98 Å². The molecule has 1 aliphatic rings. The van der Waals surface area contributed by atoms with Crippen molar-refractivity contribution in [1.29, 1.82) is 0 Å². The topological polar surface area (TPSA) is 53.4 Å². The first-order chi connectivity index (χ1) is 10.6. The third-order valence-electron chi connectivity index (χ3n) is 3.41. The molecule has 1 N–H and O–H groups in total. The average molecular weight is 406 g/mol. The Hall–Kier alpha value is -2.02. The summed E-state index contributed by atoms with van der Waals surface area (Å²) in [6, 6.07) is 14.1. The number of carboxylic acids is 1. The summed E-state index contributed by atoms with van der Waals surface area (Å²) in [6.07, 6.45) is 0. The van der Waals surface area contributed by atoms with E-state index >= 15 is 0 Å². The first-order valence-electron chi connectivity index (χ1n) is 6.78. The summed E-state index contributed by atoms with van der Waals surface area (Å²) in [5.41, 5.74) is 4.40. The number of likely N-dealkylation sites (N-methyl/N-ethyl adjacent to an activating group) is 1. The standard InChI is InChI=1S/C17H15IN2O2/c1-11-5-3-6-12(9-11)13-7-4-8-14(19-13)16-18-10-15(17(21)22)20(16)2/h3-10H,1-2H3,(H,21,22). The van der Waals surface area contributed by atoms with E-state index in [1.807, 2.05) is 34.4 Å². The van der Waals surface area contributed by atoms with E-state index in [1.54, 1.807) is 11.9 Å². The number of pyridine rings is 1. The van der Waals surface area contributed by atoms with Crippen LogP contribution in [-0.2, 0) is 4.79 Å². The minimum Gasteiger partial charge on any atom is -0.477 e. The highest BCUT2D eigenvalue weighted by molar-refractivity contribution is 14.2. The lowest BCUT2D eigenvalue weighted by molar-refractivity contribution is -0.133. The molecule has 22 heavy (non-hydrogen) atoms. The van der Waals surface area contributed by atoms with E-state index in [2.05, 4.69) is 19.1 Å². The maximum Gasteiger partial charge on any atom is 0.352 e. The zero-order valence-electron chi connectivity index (χ0n) is 12.2. The van der Waals surface area contributed by atoms with Crippen molar-refractivity contribution in [3.05, 3.63) is 63.5 Å². The molecule has 0 atom stereocenters. The van der Waals surface area contributed by atoms with E-state index < -0.39 is 26.7 Å². The molecule has 1 aliphatic heterocycles. The van der Waals surface area contributed by atoms with Gasteiger partial charge in [0.2, 0.25) is 0 Å². The van der Waals surface area contributed by atoms with Gasteiger partial charge in [-0.15, -0.1) is 0 Å². The molecule has 0 unspecified atom stereocenters. The van der Waals surface area contributed by atoms with Crippen molar-refractivity contribution in [2.24, 2.45) is 0 Å². The summed E-state index contributed by atoms with van der Waals surface area (Å²) in [5.74, 6) is -0.882. The quantitative estimate of drug-likeness (QED) is 0.795. The summed E-state index contributed by atoms with van der Waals surface area (Å²) in [6.45, 7) is 2.06. The van der Waals surface area contributed by atoms with E-state index in [1.165, 1.54) is 5.56 Å². The highest BCUT2D eigenvalue weighted by Crippen LogP contribution is 2.27. The normalized spacial score (nSPS) is 14.2. The molecule has 0 aliphatic carbocycles. The molecule has 5 heteroatoms. The van der Waals surface area contributed by atoms with Gasteiger partial charge in [0, 0.05) is 16.7 Å². The number of aliphatic carboxylic acids is 1. The van der Waals surface area contributed by atoms with Crippen molar-refractivity contribution >= 4 is 30.3 Å². The van der Waals surface area contributed by atoms with Gasteiger partial charge in [-0.25, -0.2) is 9.78 Å². The minimum atomic E-state index is -0.882. The smallest absolute Gasteiger partial charge is 0.352 e. The van der Waals surface area contributed by atoms with Crippen LogP contribution < -0.4 is 0 Å². The van der Waals surface area contributed by atoms with E-state index in [-0.39, 0.29) is 0 Å². The van der Waals surface area contributed by atoms with Gasteiger partial charge in [-0.3, -0.25) is 0 Å². The molecule has 0 spiro atoms. The zero-order chi connectivity index (χ0) is 15.7. The molecule has 3 rings (SSSR count). The third kappa shape index (κ3) is 2.81. The number of halogens is 1. The predicted octanol–water partition coefficient (Wildman–Crippen LogP) is 3.38. The lowest BCUT2D eigenvalue weighted by atomic mass is 10.1. The van der Waals surface area contributed by atoms with Crippen LogP contribution in [0.15, 0.2) is 52.2 Å². The molecule has 1 aromatic heterocycles. The molecule has 1 aromatic carbocycles. The maximum absolute atomic E-state index is 11.2. The van der Waals surface area contributed by atoms with E-state index in [0.717, 1.165) is 20.6 Å². The Morgan fingerprint density at radius 1 is 1.18 bits per heavy atom. The van der Waals surface area contributed by atoms with Crippen LogP contribution in [0.3, 0.4) is 0 Å². The fraction of sp³-hybridized carbons (Fsp3) is 0.118. The van der Waals surface area contributed by atoms with E-state index in [9.17, 15) is 9.90 Å². The first-order valence-corrected chi connectivity index (χ1v) is 9.11. The Labute approximate surface area is 138 Å². The Morgan fingerprint density at radius 2 is 1.91 bits per heavy atom. The molecule has 0 fully saturated rings. The number of carbonyl (C=O) groups is 1. The van der Waals surface area contributed by atoms with Gasteiger partial charge in [-0.2, -0.15) is 0 Å². The molecule has 112 valence electrons. The van der Waals surface area contributed by atoms with Gasteiger partial charge in [0.05, 0.1) is 11.4 Å². The van der Waals surface area contributed by atoms with Gasteiger partial charge in [0.15, 0.2) is 0 Å². The van der Waals surface area contributed by atoms with Gasteiger partial charge >= 0.3 is 5.97 Å². The summed E-state index contributed by atoms with van der Waals surface area (Å²) in [5, 5.41) is 9.19. The number of nitrogens with zero attached hydrogens (tertiary/aromatic N) is 2. The summed E-state index contributed by atoms with van der Waals surface area (Å²) < 4.78 is 2.85. The van der Waals surface area contributed by atoms with Crippen LogP contribution in [0.2, 0.25) is 0 Å². The molecule has 2 aromatic rings.